The molecule has 1 heterocycles. The first-order chi connectivity index (χ1) is 17.5. The van der Waals surface area contributed by atoms with Gasteiger partial charge in [0.2, 0.25) is 0 Å². The molecule has 8 heteroatoms. The molecule has 5 rings (SSSR count). The number of hydrogen-bond donors (Lipinski definition) is 0. The van der Waals surface area contributed by atoms with Crippen molar-refractivity contribution < 1.29 is 0 Å². The molecule has 0 fully saturated rings. The molecule has 162 valence electrons. The minimum absolute atomic E-state index is 0.172. The summed E-state index contributed by atoms with van der Waals surface area (Å²) in [6, 6.07) is 18.4. The smallest absolute Gasteiger partial charge is 0.296 e. The molecule has 0 bridgehead atoms. The third kappa shape index (κ3) is 3.25. The Labute approximate surface area is 206 Å². The zero-order valence-electron chi connectivity index (χ0n) is 18.4. The number of nitrogens with zero attached hydrogens (tertiary/aromatic N) is 8. The summed E-state index contributed by atoms with van der Waals surface area (Å²) >= 11 is 0. The average Bonchev–Trinajstić information content (AvgIpc) is 3.23. The van der Waals surface area contributed by atoms with Crippen molar-refractivity contribution in [2.45, 2.75) is 12.0 Å². The summed E-state index contributed by atoms with van der Waals surface area (Å²) in [7, 11) is 0. The first kappa shape index (κ1) is 21.8. The van der Waals surface area contributed by atoms with Crippen molar-refractivity contribution in [3.05, 3.63) is 105 Å². The number of hydrogen-bond acceptors (Lipinski definition) is 5. The molecule has 0 radical (unpaired) electrons. The standard InChI is InChI=1S/C28H10N8/c1-32-19-6-16(7-20(11-19)33-2)15-4-5-21-22(8-15)26(25(14-31)34-3)28-27(21)35-23-9-17(12-29)18(13-30)10-24(23)36-28/h4-11,25-26H. The van der Waals surface area contributed by atoms with Crippen molar-refractivity contribution in [1.29, 1.82) is 15.8 Å². The zero-order chi connectivity index (χ0) is 25.4. The van der Waals surface area contributed by atoms with Crippen LogP contribution < -0.4 is 0 Å². The van der Waals surface area contributed by atoms with Gasteiger partial charge in [-0.05, 0) is 34.9 Å². The lowest BCUT2D eigenvalue weighted by molar-refractivity contribution is 0.783. The maximum absolute atomic E-state index is 9.77. The van der Waals surface area contributed by atoms with E-state index in [-0.39, 0.29) is 11.1 Å². The van der Waals surface area contributed by atoms with Gasteiger partial charge in [-0.25, -0.2) is 26.2 Å². The van der Waals surface area contributed by atoms with Crippen molar-refractivity contribution in [3.63, 3.8) is 0 Å². The lowest BCUT2D eigenvalue weighted by Crippen LogP contribution is -2.14. The van der Waals surface area contributed by atoms with Crippen LogP contribution in [0.4, 0.5) is 11.4 Å². The summed E-state index contributed by atoms with van der Waals surface area (Å²) in [5.74, 6) is -0.681. The van der Waals surface area contributed by atoms with E-state index in [1.165, 1.54) is 18.2 Å². The minimum Gasteiger partial charge on any atom is -0.296 e. The number of nitriles is 3. The maximum atomic E-state index is 9.77. The molecule has 2 atom stereocenters. The summed E-state index contributed by atoms with van der Waals surface area (Å²) in [6.07, 6.45) is 0. The summed E-state index contributed by atoms with van der Waals surface area (Å²) in [5, 5.41) is 28.6. The van der Waals surface area contributed by atoms with Gasteiger partial charge in [-0.15, -0.1) is 0 Å². The van der Waals surface area contributed by atoms with Crippen LogP contribution in [-0.2, 0) is 0 Å². The fourth-order valence-electron chi connectivity index (χ4n) is 4.47. The molecular formula is C28H10N8. The maximum Gasteiger partial charge on any atom is 0.319 e. The average molecular weight is 458 g/mol. The van der Waals surface area contributed by atoms with E-state index in [0.29, 0.717) is 50.5 Å². The fraction of sp³-hybridized carbons (Fsp3) is 0.0714. The van der Waals surface area contributed by atoms with E-state index in [1.807, 2.05) is 30.3 Å². The van der Waals surface area contributed by atoms with Crippen molar-refractivity contribution in [2.24, 2.45) is 0 Å². The van der Waals surface area contributed by atoms with Crippen LogP contribution in [-0.4, -0.2) is 16.0 Å². The van der Waals surface area contributed by atoms with E-state index in [1.54, 1.807) is 12.1 Å². The normalized spacial score (nSPS) is 13.6. The molecule has 1 aliphatic rings. The van der Waals surface area contributed by atoms with Gasteiger partial charge in [0.1, 0.15) is 18.1 Å². The SMILES string of the molecule is [C-]#[N+]c1cc([N+]#[C-])cc(-c2ccc3c(c2)C(C(C#N)[N+]#[C-])c2nc4cc(C#N)c(C#N)cc4nc2-3)c1. The van der Waals surface area contributed by atoms with Crippen LogP contribution in [0.15, 0.2) is 48.5 Å². The van der Waals surface area contributed by atoms with Gasteiger partial charge in [0, 0.05) is 5.56 Å². The molecule has 0 saturated heterocycles. The Balaban J connectivity index is 1.77. The predicted octanol–water partition coefficient (Wildman–Crippen LogP) is 6.07. The number of fused-ring (bicyclic) bond motifs is 4. The van der Waals surface area contributed by atoms with Crippen molar-refractivity contribution in [3.8, 4) is 40.6 Å². The Morgan fingerprint density at radius 1 is 0.778 bits per heavy atom. The first-order valence-corrected chi connectivity index (χ1v) is 10.5. The highest BCUT2D eigenvalue weighted by molar-refractivity contribution is 5.87. The zero-order valence-corrected chi connectivity index (χ0v) is 18.4. The molecule has 0 N–H and O–H groups in total. The van der Waals surface area contributed by atoms with Gasteiger partial charge in [0.15, 0.2) is 17.4 Å². The Hall–Kier alpha value is -6.06. The van der Waals surface area contributed by atoms with Gasteiger partial charge in [0.05, 0.1) is 46.7 Å². The second kappa shape index (κ2) is 8.37. The third-order valence-electron chi connectivity index (χ3n) is 6.09. The van der Waals surface area contributed by atoms with Crippen molar-refractivity contribution in [2.75, 3.05) is 0 Å². The topological polar surface area (TPSA) is 110 Å². The third-order valence-corrected chi connectivity index (χ3v) is 6.09. The van der Waals surface area contributed by atoms with Gasteiger partial charge in [-0.2, -0.15) is 15.8 Å². The highest BCUT2D eigenvalue weighted by atomic mass is 14.9. The van der Waals surface area contributed by atoms with Gasteiger partial charge in [-0.1, -0.05) is 30.3 Å². The van der Waals surface area contributed by atoms with E-state index in [2.05, 4.69) is 20.6 Å². The summed E-state index contributed by atoms with van der Waals surface area (Å²) < 4.78 is 0. The van der Waals surface area contributed by atoms with Crippen LogP contribution in [0.5, 0.6) is 0 Å². The van der Waals surface area contributed by atoms with Crippen LogP contribution in [0.25, 0.3) is 48.0 Å². The van der Waals surface area contributed by atoms with E-state index in [9.17, 15) is 15.8 Å². The van der Waals surface area contributed by atoms with E-state index >= 15 is 0 Å². The van der Waals surface area contributed by atoms with Gasteiger partial charge in [0.25, 0.3) is 0 Å². The molecule has 0 amide bonds. The molecule has 2 unspecified atom stereocenters. The van der Waals surface area contributed by atoms with Crippen molar-refractivity contribution in [1.82, 2.24) is 9.97 Å². The Morgan fingerprint density at radius 2 is 1.42 bits per heavy atom. The lowest BCUT2D eigenvalue weighted by Gasteiger charge is -2.12. The van der Waals surface area contributed by atoms with E-state index in [4.69, 9.17) is 29.7 Å². The Morgan fingerprint density at radius 3 is 1.97 bits per heavy atom. The van der Waals surface area contributed by atoms with Crippen molar-refractivity contribution >= 4 is 22.4 Å². The van der Waals surface area contributed by atoms with E-state index < -0.39 is 12.0 Å². The highest BCUT2D eigenvalue weighted by Crippen LogP contribution is 2.47. The Kier molecular flexibility index (Phi) is 5.06. The molecule has 0 aliphatic heterocycles. The quantitative estimate of drug-likeness (QED) is 0.339. The summed E-state index contributed by atoms with van der Waals surface area (Å²) in [5.41, 5.74) is 5.66. The predicted molar refractivity (Wildman–Crippen MR) is 130 cm³/mol. The summed E-state index contributed by atoms with van der Waals surface area (Å²) in [6.45, 7) is 22.3. The molecule has 36 heavy (non-hydrogen) atoms. The highest BCUT2D eigenvalue weighted by Gasteiger charge is 2.41. The first-order valence-electron chi connectivity index (χ1n) is 10.5. The van der Waals surface area contributed by atoms with Gasteiger partial charge in [-0.3, -0.25) is 4.85 Å². The molecule has 1 aromatic heterocycles. The summed E-state index contributed by atoms with van der Waals surface area (Å²) in [4.78, 5) is 19.9. The number of benzene rings is 3. The minimum atomic E-state index is -1.06. The largest absolute Gasteiger partial charge is 0.319 e. The Bertz CT molecular complexity index is 1830. The molecule has 1 aliphatic carbocycles. The molecule has 3 aromatic carbocycles. The number of aromatic nitrogens is 2. The van der Waals surface area contributed by atoms with Crippen LogP contribution in [0.1, 0.15) is 28.3 Å². The molecule has 8 nitrogen and oxygen atoms in total. The van der Waals surface area contributed by atoms with Crippen LogP contribution in [0, 0.1) is 53.7 Å². The van der Waals surface area contributed by atoms with Crippen LogP contribution >= 0.6 is 0 Å². The van der Waals surface area contributed by atoms with Gasteiger partial charge < -0.3 is 0 Å². The molecule has 0 saturated carbocycles. The van der Waals surface area contributed by atoms with E-state index in [0.717, 1.165) is 5.56 Å². The molecular weight excluding hydrogens is 448 g/mol. The van der Waals surface area contributed by atoms with Gasteiger partial charge >= 0.3 is 6.04 Å². The van der Waals surface area contributed by atoms with Crippen LogP contribution in [0.3, 0.4) is 0 Å². The molecule has 4 aromatic rings. The number of rotatable bonds is 2. The molecule has 0 spiro atoms. The second-order valence-electron chi connectivity index (χ2n) is 8.01. The second-order valence-corrected chi connectivity index (χ2v) is 8.01. The monoisotopic (exact) mass is 458 g/mol. The fourth-order valence-corrected chi connectivity index (χ4v) is 4.47. The lowest BCUT2D eigenvalue weighted by atomic mass is 9.90. The van der Waals surface area contributed by atoms with Crippen LogP contribution in [0.2, 0.25) is 0 Å².